The van der Waals surface area contributed by atoms with Gasteiger partial charge in [-0.1, -0.05) is 6.92 Å². The van der Waals surface area contributed by atoms with E-state index in [1.165, 1.54) is 11.1 Å². The van der Waals surface area contributed by atoms with Crippen LogP contribution < -0.4 is 10.9 Å². The van der Waals surface area contributed by atoms with Gasteiger partial charge in [-0.15, -0.1) is 0 Å². The van der Waals surface area contributed by atoms with E-state index in [0.29, 0.717) is 0 Å². The van der Waals surface area contributed by atoms with Crippen molar-refractivity contribution >= 4 is 0 Å². The number of nitrogens with zero attached hydrogens (tertiary/aromatic N) is 1. The summed E-state index contributed by atoms with van der Waals surface area (Å²) in [5, 5.41) is 6.49. The molecule has 4 heteroatoms. The summed E-state index contributed by atoms with van der Waals surface area (Å²) in [5.41, 5.74) is 1.20. The van der Waals surface area contributed by atoms with Crippen molar-refractivity contribution in [1.82, 2.24) is 15.1 Å². The van der Waals surface area contributed by atoms with Gasteiger partial charge in [-0.05, 0) is 19.4 Å². The fourth-order valence-electron chi connectivity index (χ4n) is 2.08. The zero-order valence-electron chi connectivity index (χ0n) is 8.76. The molecule has 2 rings (SSSR count). The van der Waals surface area contributed by atoms with Gasteiger partial charge in [0.05, 0.1) is 0 Å². The third-order valence-electron chi connectivity index (χ3n) is 3.13. The van der Waals surface area contributed by atoms with Crippen LogP contribution in [0.15, 0.2) is 10.9 Å². The van der Waals surface area contributed by atoms with Crippen LogP contribution in [-0.2, 0) is 12.5 Å². The fraction of sp³-hybridized carbons (Fsp3) is 0.700. The number of aryl methyl sites for hydroxylation is 1. The summed E-state index contributed by atoms with van der Waals surface area (Å²) in [4.78, 5) is 11.3. The average Bonchev–Trinajstić information content (AvgIpc) is 2.49. The van der Waals surface area contributed by atoms with Crippen LogP contribution in [0.1, 0.15) is 25.5 Å². The van der Waals surface area contributed by atoms with Gasteiger partial charge in [0.15, 0.2) is 0 Å². The highest BCUT2D eigenvalue weighted by atomic mass is 16.1. The van der Waals surface area contributed by atoms with Crippen molar-refractivity contribution in [3.8, 4) is 0 Å². The van der Waals surface area contributed by atoms with Crippen LogP contribution in [0.25, 0.3) is 0 Å². The van der Waals surface area contributed by atoms with E-state index < -0.39 is 0 Å². The maximum Gasteiger partial charge on any atom is 0.266 e. The Morgan fingerprint density at radius 2 is 2.36 bits per heavy atom. The van der Waals surface area contributed by atoms with Crippen molar-refractivity contribution in [2.45, 2.75) is 25.2 Å². The number of aromatic nitrogens is 2. The zero-order chi connectivity index (χ0) is 10.2. The lowest BCUT2D eigenvalue weighted by Gasteiger charge is -2.32. The molecule has 0 amide bonds. The normalized spacial score (nSPS) is 27.9. The van der Waals surface area contributed by atoms with Crippen LogP contribution >= 0.6 is 0 Å². The van der Waals surface area contributed by atoms with Gasteiger partial charge >= 0.3 is 0 Å². The van der Waals surface area contributed by atoms with Crippen molar-refractivity contribution in [3.63, 3.8) is 0 Å². The predicted octanol–water partition coefficient (Wildman–Crippen LogP) is 0.354. The standard InChI is InChI=1S/C10H17N3O/c1-10(4-3-5-11-7-10)8-6-9(14)13(2)12-8/h6,11-12H,3-5,7H2,1-2H3/t10-/m0/s1. The summed E-state index contributed by atoms with van der Waals surface area (Å²) in [6, 6.07) is 1.72. The molecule has 2 N–H and O–H groups in total. The molecule has 0 saturated carbocycles. The summed E-state index contributed by atoms with van der Waals surface area (Å²) in [6.45, 7) is 4.24. The largest absolute Gasteiger partial charge is 0.316 e. The van der Waals surface area contributed by atoms with Crippen LogP contribution in [0, 0.1) is 0 Å². The van der Waals surface area contributed by atoms with E-state index in [9.17, 15) is 4.79 Å². The molecule has 0 bridgehead atoms. The first-order valence-corrected chi connectivity index (χ1v) is 5.09. The van der Waals surface area contributed by atoms with Crippen molar-refractivity contribution in [1.29, 1.82) is 0 Å². The second kappa shape index (κ2) is 3.28. The van der Waals surface area contributed by atoms with Gasteiger partial charge in [0.25, 0.3) is 5.56 Å². The van der Waals surface area contributed by atoms with Gasteiger partial charge in [-0.2, -0.15) is 0 Å². The second-order valence-electron chi connectivity index (χ2n) is 4.41. The highest BCUT2D eigenvalue weighted by Crippen LogP contribution is 2.28. The lowest BCUT2D eigenvalue weighted by molar-refractivity contribution is 0.330. The molecule has 1 aliphatic heterocycles. The Labute approximate surface area is 83.3 Å². The minimum atomic E-state index is 0.0480. The van der Waals surface area contributed by atoms with Crippen molar-refractivity contribution in [3.05, 3.63) is 22.1 Å². The highest BCUT2D eigenvalue weighted by molar-refractivity contribution is 5.15. The summed E-state index contributed by atoms with van der Waals surface area (Å²) >= 11 is 0. The van der Waals surface area contributed by atoms with E-state index in [1.807, 2.05) is 0 Å². The van der Waals surface area contributed by atoms with Gasteiger partial charge in [0.2, 0.25) is 0 Å². The summed E-state index contributed by atoms with van der Waals surface area (Å²) in [6.07, 6.45) is 2.31. The SMILES string of the molecule is Cn1[nH]c([C@@]2(C)CCCNC2)cc1=O. The van der Waals surface area contributed by atoms with E-state index in [0.717, 1.165) is 25.2 Å². The lowest BCUT2D eigenvalue weighted by Crippen LogP contribution is -2.41. The van der Waals surface area contributed by atoms with Crippen molar-refractivity contribution in [2.75, 3.05) is 13.1 Å². The molecule has 4 nitrogen and oxygen atoms in total. The average molecular weight is 195 g/mol. The topological polar surface area (TPSA) is 49.8 Å². The minimum absolute atomic E-state index is 0.0480. The number of piperidine rings is 1. The van der Waals surface area contributed by atoms with E-state index in [1.54, 1.807) is 13.1 Å². The van der Waals surface area contributed by atoms with E-state index in [2.05, 4.69) is 17.3 Å². The molecule has 1 fully saturated rings. The molecule has 0 spiro atoms. The Morgan fingerprint density at radius 3 is 2.86 bits per heavy atom. The van der Waals surface area contributed by atoms with E-state index in [-0.39, 0.29) is 11.0 Å². The molecule has 1 aromatic rings. The third-order valence-corrected chi connectivity index (χ3v) is 3.13. The van der Waals surface area contributed by atoms with Gasteiger partial charge < -0.3 is 5.32 Å². The van der Waals surface area contributed by atoms with Crippen molar-refractivity contribution < 1.29 is 0 Å². The maximum atomic E-state index is 11.3. The summed E-state index contributed by atoms with van der Waals surface area (Å²) in [7, 11) is 1.76. The highest BCUT2D eigenvalue weighted by Gasteiger charge is 2.30. The monoisotopic (exact) mass is 195 g/mol. The van der Waals surface area contributed by atoms with Crippen LogP contribution in [0.5, 0.6) is 0 Å². The van der Waals surface area contributed by atoms with E-state index >= 15 is 0 Å². The Bertz CT molecular complexity index is 371. The fourth-order valence-corrected chi connectivity index (χ4v) is 2.08. The number of aromatic amines is 1. The quantitative estimate of drug-likeness (QED) is 0.679. The Hall–Kier alpha value is -1.03. The number of nitrogens with one attached hydrogen (secondary N) is 2. The molecule has 78 valence electrons. The number of hydrogen-bond acceptors (Lipinski definition) is 2. The molecule has 14 heavy (non-hydrogen) atoms. The van der Waals surface area contributed by atoms with Crippen LogP contribution in [-0.4, -0.2) is 22.9 Å². The number of H-pyrrole nitrogens is 1. The molecule has 0 unspecified atom stereocenters. The molecule has 0 radical (unpaired) electrons. The number of rotatable bonds is 1. The number of hydrogen-bond donors (Lipinski definition) is 2. The molecular formula is C10H17N3O. The summed E-state index contributed by atoms with van der Waals surface area (Å²) < 4.78 is 1.54. The van der Waals surface area contributed by atoms with Crippen LogP contribution in [0.3, 0.4) is 0 Å². The Balaban J connectivity index is 2.32. The van der Waals surface area contributed by atoms with E-state index in [4.69, 9.17) is 0 Å². The van der Waals surface area contributed by atoms with Gasteiger partial charge in [-0.25, -0.2) is 0 Å². The van der Waals surface area contributed by atoms with Crippen LogP contribution in [0.4, 0.5) is 0 Å². The Kier molecular flexibility index (Phi) is 2.23. The van der Waals surface area contributed by atoms with Gasteiger partial charge in [-0.3, -0.25) is 14.6 Å². The molecule has 0 aromatic carbocycles. The molecule has 1 aromatic heterocycles. The first-order chi connectivity index (χ1) is 6.62. The van der Waals surface area contributed by atoms with Gasteiger partial charge in [0, 0.05) is 30.8 Å². The zero-order valence-corrected chi connectivity index (χ0v) is 8.76. The molecule has 0 aliphatic carbocycles. The molecular weight excluding hydrogens is 178 g/mol. The third kappa shape index (κ3) is 1.50. The second-order valence-corrected chi connectivity index (χ2v) is 4.41. The first kappa shape index (κ1) is 9.52. The molecule has 1 aliphatic rings. The van der Waals surface area contributed by atoms with Gasteiger partial charge in [0.1, 0.15) is 0 Å². The Morgan fingerprint density at radius 1 is 1.57 bits per heavy atom. The smallest absolute Gasteiger partial charge is 0.266 e. The maximum absolute atomic E-state index is 11.3. The predicted molar refractivity (Wildman–Crippen MR) is 55.5 cm³/mol. The lowest BCUT2D eigenvalue weighted by atomic mass is 9.80. The van der Waals surface area contributed by atoms with Crippen molar-refractivity contribution in [2.24, 2.45) is 7.05 Å². The minimum Gasteiger partial charge on any atom is -0.316 e. The summed E-state index contributed by atoms with van der Waals surface area (Å²) in [5.74, 6) is 0. The molecule has 1 saturated heterocycles. The molecule has 2 heterocycles. The molecule has 1 atom stereocenters. The first-order valence-electron chi connectivity index (χ1n) is 5.09. The van der Waals surface area contributed by atoms with Crippen LogP contribution in [0.2, 0.25) is 0 Å².